The van der Waals surface area contributed by atoms with Gasteiger partial charge in [0.25, 0.3) is 0 Å². The van der Waals surface area contributed by atoms with Crippen molar-refractivity contribution in [2.45, 2.75) is 52.5 Å². The average molecular weight is 303 g/mol. The number of nitrogens with zero attached hydrogens (tertiary/aromatic N) is 3. The molecule has 1 fully saturated rings. The summed E-state index contributed by atoms with van der Waals surface area (Å²) in [6.07, 6.45) is 3.09. The van der Waals surface area contributed by atoms with Crippen LogP contribution in [0.5, 0.6) is 0 Å². The minimum absolute atomic E-state index is 0.0506. The molecule has 0 N–H and O–H groups in total. The number of amides is 1. The number of rotatable bonds is 4. The Morgan fingerprint density at radius 3 is 2.77 bits per heavy atom. The first-order chi connectivity index (χ1) is 10.6. The number of hydrogen-bond donors (Lipinski definition) is 0. The van der Waals surface area contributed by atoms with Crippen LogP contribution in [0.15, 0.2) is 15.1 Å². The van der Waals surface area contributed by atoms with E-state index in [0.717, 1.165) is 47.9 Å². The Bertz CT molecular complexity index is 654. The number of carbonyl (C=O) groups excluding carboxylic acids is 1. The molecule has 0 bridgehead atoms. The molecular weight excluding hydrogens is 282 g/mol. The first kappa shape index (κ1) is 14.8. The molecule has 1 saturated heterocycles. The third-order valence-corrected chi connectivity index (χ3v) is 4.33. The Morgan fingerprint density at radius 2 is 2.14 bits per heavy atom. The van der Waals surface area contributed by atoms with Crippen molar-refractivity contribution in [3.05, 3.63) is 34.5 Å². The molecule has 6 nitrogen and oxygen atoms in total. The normalized spacial score (nSPS) is 18.1. The van der Waals surface area contributed by atoms with E-state index in [1.54, 1.807) is 0 Å². The summed E-state index contributed by atoms with van der Waals surface area (Å²) in [5, 5.41) is 8.01. The highest BCUT2D eigenvalue weighted by atomic mass is 16.5. The topological polar surface area (TPSA) is 72.4 Å². The van der Waals surface area contributed by atoms with Crippen LogP contribution in [0.2, 0.25) is 0 Å². The van der Waals surface area contributed by atoms with Gasteiger partial charge in [-0.15, -0.1) is 0 Å². The molecule has 0 aromatic carbocycles. The van der Waals surface area contributed by atoms with Gasteiger partial charge in [-0.25, -0.2) is 0 Å². The predicted octanol–water partition coefficient (Wildman–Crippen LogP) is 2.88. The van der Waals surface area contributed by atoms with E-state index >= 15 is 0 Å². The van der Waals surface area contributed by atoms with Gasteiger partial charge in [0.1, 0.15) is 17.2 Å². The molecule has 1 amide bonds. The number of hydrogen-bond acceptors (Lipinski definition) is 5. The Hall–Kier alpha value is -2.11. The largest absolute Gasteiger partial charge is 0.361 e. The first-order valence-corrected chi connectivity index (χ1v) is 7.70. The van der Waals surface area contributed by atoms with E-state index in [0.29, 0.717) is 12.8 Å². The van der Waals surface area contributed by atoms with E-state index < -0.39 is 0 Å². The molecule has 118 valence electrons. The van der Waals surface area contributed by atoms with Crippen LogP contribution in [0.4, 0.5) is 0 Å². The molecule has 2 aromatic rings. The smallest absolute Gasteiger partial charge is 0.223 e. The Labute approximate surface area is 129 Å². The highest BCUT2D eigenvalue weighted by Gasteiger charge is 2.31. The van der Waals surface area contributed by atoms with Crippen molar-refractivity contribution in [3.63, 3.8) is 0 Å². The van der Waals surface area contributed by atoms with Gasteiger partial charge in [0.2, 0.25) is 5.91 Å². The quantitative estimate of drug-likeness (QED) is 0.868. The second kappa shape index (κ2) is 5.94. The van der Waals surface area contributed by atoms with E-state index in [-0.39, 0.29) is 11.9 Å². The summed E-state index contributed by atoms with van der Waals surface area (Å²) < 4.78 is 10.3. The fourth-order valence-electron chi connectivity index (χ4n) is 3.15. The summed E-state index contributed by atoms with van der Waals surface area (Å²) in [6.45, 7) is 6.45. The number of carbonyl (C=O) groups is 1. The lowest BCUT2D eigenvalue weighted by molar-refractivity contribution is -0.132. The van der Waals surface area contributed by atoms with Crippen molar-refractivity contribution in [2.75, 3.05) is 6.54 Å². The van der Waals surface area contributed by atoms with Gasteiger partial charge in [0.05, 0.1) is 11.7 Å². The van der Waals surface area contributed by atoms with Crippen LogP contribution in [0.3, 0.4) is 0 Å². The fraction of sp³-hybridized carbons (Fsp3) is 0.562. The van der Waals surface area contributed by atoms with Crippen LogP contribution < -0.4 is 0 Å². The Balaban J connectivity index is 1.66. The zero-order valence-corrected chi connectivity index (χ0v) is 13.3. The standard InChI is InChI=1S/C16H21N3O3/c1-10-9-14(18-21-10)15-5-4-8-19(15)16(20)7-6-13-11(2)17-22-12(13)3/h9,15H,4-8H2,1-3H3. The van der Waals surface area contributed by atoms with Crippen molar-refractivity contribution >= 4 is 5.91 Å². The molecule has 1 unspecified atom stereocenters. The van der Waals surface area contributed by atoms with Crippen molar-refractivity contribution < 1.29 is 13.8 Å². The zero-order valence-electron chi connectivity index (χ0n) is 13.3. The molecule has 1 aliphatic rings. The van der Waals surface area contributed by atoms with Crippen molar-refractivity contribution in [2.24, 2.45) is 0 Å². The van der Waals surface area contributed by atoms with Gasteiger partial charge >= 0.3 is 0 Å². The van der Waals surface area contributed by atoms with E-state index in [4.69, 9.17) is 9.05 Å². The maximum absolute atomic E-state index is 12.6. The van der Waals surface area contributed by atoms with Gasteiger partial charge in [-0.05, 0) is 40.0 Å². The highest BCUT2D eigenvalue weighted by Crippen LogP contribution is 2.32. The molecular formula is C16H21N3O3. The second-order valence-corrected chi connectivity index (χ2v) is 5.91. The molecule has 22 heavy (non-hydrogen) atoms. The third kappa shape index (κ3) is 2.77. The molecule has 6 heteroatoms. The number of aromatic nitrogens is 2. The molecule has 0 aliphatic carbocycles. The molecule has 0 spiro atoms. The van der Waals surface area contributed by atoms with Gasteiger partial charge in [-0.3, -0.25) is 4.79 Å². The lowest BCUT2D eigenvalue weighted by Crippen LogP contribution is -2.30. The van der Waals surface area contributed by atoms with Crippen molar-refractivity contribution in [1.29, 1.82) is 0 Å². The monoisotopic (exact) mass is 303 g/mol. The predicted molar refractivity (Wildman–Crippen MR) is 79.2 cm³/mol. The lowest BCUT2D eigenvalue weighted by Gasteiger charge is -2.23. The SMILES string of the molecule is Cc1cc(C2CCCN2C(=O)CCc2c(C)noc2C)no1. The second-order valence-electron chi connectivity index (χ2n) is 5.91. The van der Waals surface area contributed by atoms with E-state index in [1.807, 2.05) is 31.7 Å². The number of aryl methyl sites for hydroxylation is 3. The molecule has 1 atom stereocenters. The van der Waals surface area contributed by atoms with Crippen molar-refractivity contribution in [1.82, 2.24) is 15.2 Å². The zero-order chi connectivity index (χ0) is 15.7. The lowest BCUT2D eigenvalue weighted by atomic mass is 10.1. The van der Waals surface area contributed by atoms with Crippen molar-refractivity contribution in [3.8, 4) is 0 Å². The summed E-state index contributed by atoms with van der Waals surface area (Å²) in [7, 11) is 0. The van der Waals surface area contributed by atoms with Gasteiger partial charge in [0, 0.05) is 24.6 Å². The van der Waals surface area contributed by atoms with Gasteiger partial charge < -0.3 is 13.9 Å². The third-order valence-electron chi connectivity index (χ3n) is 4.33. The van der Waals surface area contributed by atoms with Crippen LogP contribution in [-0.2, 0) is 11.2 Å². The summed E-state index contributed by atoms with van der Waals surface area (Å²) in [5.74, 6) is 1.74. The van der Waals surface area contributed by atoms with Crippen LogP contribution >= 0.6 is 0 Å². The molecule has 2 aromatic heterocycles. The molecule has 3 rings (SSSR count). The van der Waals surface area contributed by atoms with Crippen LogP contribution in [0.1, 0.15) is 53.8 Å². The number of likely N-dealkylation sites (tertiary alicyclic amines) is 1. The summed E-state index contributed by atoms with van der Waals surface area (Å²) in [5.41, 5.74) is 2.78. The molecule has 0 saturated carbocycles. The van der Waals surface area contributed by atoms with Gasteiger partial charge in [0.15, 0.2) is 0 Å². The Morgan fingerprint density at radius 1 is 1.32 bits per heavy atom. The van der Waals surface area contributed by atoms with Crippen LogP contribution in [0, 0.1) is 20.8 Å². The maximum Gasteiger partial charge on any atom is 0.223 e. The minimum atomic E-state index is 0.0506. The van der Waals surface area contributed by atoms with E-state index in [2.05, 4.69) is 10.3 Å². The molecule has 3 heterocycles. The van der Waals surface area contributed by atoms with Gasteiger partial charge in [-0.2, -0.15) is 0 Å². The highest BCUT2D eigenvalue weighted by molar-refractivity contribution is 5.77. The van der Waals surface area contributed by atoms with Gasteiger partial charge in [-0.1, -0.05) is 10.3 Å². The van der Waals surface area contributed by atoms with Crippen LogP contribution in [0.25, 0.3) is 0 Å². The summed E-state index contributed by atoms with van der Waals surface area (Å²) >= 11 is 0. The maximum atomic E-state index is 12.6. The van der Waals surface area contributed by atoms with Crippen LogP contribution in [-0.4, -0.2) is 27.7 Å². The summed E-state index contributed by atoms with van der Waals surface area (Å²) in [6, 6.07) is 1.97. The first-order valence-electron chi connectivity index (χ1n) is 7.70. The molecule has 1 aliphatic heterocycles. The summed E-state index contributed by atoms with van der Waals surface area (Å²) in [4.78, 5) is 14.5. The minimum Gasteiger partial charge on any atom is -0.361 e. The van der Waals surface area contributed by atoms with E-state index in [9.17, 15) is 4.79 Å². The average Bonchev–Trinajstić information content (AvgIpc) is 3.18. The molecule has 0 radical (unpaired) electrons. The van der Waals surface area contributed by atoms with E-state index in [1.165, 1.54) is 0 Å². The Kier molecular flexibility index (Phi) is 4.00. The fourth-order valence-corrected chi connectivity index (χ4v) is 3.15.